The van der Waals surface area contributed by atoms with Crippen molar-refractivity contribution in [1.29, 1.82) is 0 Å². The zero-order chi connectivity index (χ0) is 21.7. The third-order valence-electron chi connectivity index (χ3n) is 4.71. The van der Waals surface area contributed by atoms with Crippen molar-refractivity contribution in [3.8, 4) is 11.5 Å². The zero-order valence-electron chi connectivity index (χ0n) is 17.6. The minimum Gasteiger partial charge on any atom is -0.497 e. The van der Waals surface area contributed by atoms with Crippen LogP contribution in [0.3, 0.4) is 0 Å². The molecule has 1 aliphatic rings. The quantitative estimate of drug-likeness (QED) is 0.504. The summed E-state index contributed by atoms with van der Waals surface area (Å²) in [6.45, 7) is 6.18. The van der Waals surface area contributed by atoms with Gasteiger partial charge in [0.1, 0.15) is 11.5 Å². The fraction of sp³-hybridized carbons (Fsp3) is 0.250. The van der Waals surface area contributed by atoms with Crippen molar-refractivity contribution in [2.75, 3.05) is 25.2 Å². The molecule has 0 fully saturated rings. The molecule has 30 heavy (non-hydrogen) atoms. The van der Waals surface area contributed by atoms with Gasteiger partial charge in [-0.25, -0.2) is 4.79 Å². The van der Waals surface area contributed by atoms with Crippen LogP contribution in [-0.4, -0.2) is 32.2 Å². The normalized spacial score (nSPS) is 15.0. The van der Waals surface area contributed by atoms with Gasteiger partial charge in [0.15, 0.2) is 0 Å². The highest BCUT2D eigenvalue weighted by molar-refractivity contribution is 6.23. The Hall–Kier alpha value is -3.54. The standard InChI is InChI=1S/C24H25NO5/c1-5-29-20-13-9-18(10-14-20)25-16(3)22(24(27)30-6-2)21(23(25)26)15-17-7-11-19(28-4)12-8-17/h7-15H,5-6H2,1-4H3/b21-15-. The van der Waals surface area contributed by atoms with E-state index in [-0.39, 0.29) is 18.1 Å². The summed E-state index contributed by atoms with van der Waals surface area (Å²) in [4.78, 5) is 27.5. The second kappa shape index (κ2) is 9.31. The van der Waals surface area contributed by atoms with E-state index in [1.807, 2.05) is 19.1 Å². The lowest BCUT2D eigenvalue weighted by Crippen LogP contribution is -2.24. The van der Waals surface area contributed by atoms with Gasteiger partial charge >= 0.3 is 5.97 Å². The molecule has 0 radical (unpaired) electrons. The fourth-order valence-corrected chi connectivity index (χ4v) is 3.32. The number of hydrogen-bond acceptors (Lipinski definition) is 5. The number of methoxy groups -OCH3 is 1. The molecular weight excluding hydrogens is 382 g/mol. The molecule has 156 valence electrons. The molecule has 3 rings (SSSR count). The summed E-state index contributed by atoms with van der Waals surface area (Å²) in [5.74, 6) is 0.629. The van der Waals surface area contributed by atoms with Crippen LogP contribution in [0.2, 0.25) is 0 Å². The van der Waals surface area contributed by atoms with E-state index in [1.54, 1.807) is 63.4 Å². The van der Waals surface area contributed by atoms with E-state index in [0.29, 0.717) is 35.1 Å². The number of ether oxygens (including phenoxy) is 3. The van der Waals surface area contributed by atoms with Gasteiger partial charge in [-0.1, -0.05) is 12.1 Å². The molecule has 2 aromatic rings. The fourth-order valence-electron chi connectivity index (χ4n) is 3.32. The number of esters is 1. The minimum absolute atomic E-state index is 0.225. The highest BCUT2D eigenvalue weighted by Gasteiger charge is 2.38. The van der Waals surface area contributed by atoms with E-state index >= 15 is 0 Å². The van der Waals surface area contributed by atoms with Gasteiger partial charge in [-0.2, -0.15) is 0 Å². The largest absolute Gasteiger partial charge is 0.497 e. The Morgan fingerprint density at radius 2 is 1.60 bits per heavy atom. The third-order valence-corrected chi connectivity index (χ3v) is 4.71. The highest BCUT2D eigenvalue weighted by Crippen LogP contribution is 2.36. The molecule has 0 spiro atoms. The molecule has 6 nitrogen and oxygen atoms in total. The first-order chi connectivity index (χ1) is 14.5. The lowest BCUT2D eigenvalue weighted by atomic mass is 10.0. The van der Waals surface area contributed by atoms with Crippen molar-refractivity contribution in [3.63, 3.8) is 0 Å². The van der Waals surface area contributed by atoms with Gasteiger partial charge in [-0.15, -0.1) is 0 Å². The van der Waals surface area contributed by atoms with Gasteiger partial charge in [0.2, 0.25) is 0 Å². The van der Waals surface area contributed by atoms with Crippen molar-refractivity contribution < 1.29 is 23.8 Å². The Morgan fingerprint density at radius 1 is 0.967 bits per heavy atom. The minimum atomic E-state index is -0.517. The van der Waals surface area contributed by atoms with E-state index in [4.69, 9.17) is 14.2 Å². The first-order valence-corrected chi connectivity index (χ1v) is 9.81. The molecule has 0 atom stereocenters. The van der Waals surface area contributed by atoms with Gasteiger partial charge in [-0.3, -0.25) is 9.69 Å². The molecule has 1 heterocycles. The lowest BCUT2D eigenvalue weighted by molar-refractivity contribution is -0.138. The molecule has 0 aliphatic carbocycles. The Labute approximate surface area is 176 Å². The number of rotatable bonds is 7. The molecule has 1 aliphatic heterocycles. The SMILES string of the molecule is CCOC(=O)C1=C(C)N(c2ccc(OCC)cc2)C(=O)/C1=C\c1ccc(OC)cc1. The van der Waals surface area contributed by atoms with Crippen molar-refractivity contribution >= 4 is 23.6 Å². The van der Waals surface area contributed by atoms with Crippen molar-refractivity contribution in [2.45, 2.75) is 20.8 Å². The van der Waals surface area contributed by atoms with Gasteiger partial charge in [0, 0.05) is 11.4 Å². The monoisotopic (exact) mass is 407 g/mol. The number of allylic oxidation sites excluding steroid dienone is 1. The summed E-state index contributed by atoms with van der Waals surface area (Å²) in [6, 6.07) is 14.5. The first kappa shape index (κ1) is 21.2. The number of hydrogen-bond donors (Lipinski definition) is 0. The Kier molecular flexibility index (Phi) is 6.57. The second-order valence-corrected chi connectivity index (χ2v) is 6.58. The summed E-state index contributed by atoms with van der Waals surface area (Å²) >= 11 is 0. The summed E-state index contributed by atoms with van der Waals surface area (Å²) in [6.07, 6.45) is 1.70. The number of amides is 1. The number of carbonyl (C=O) groups is 2. The average molecular weight is 407 g/mol. The lowest BCUT2D eigenvalue weighted by Gasteiger charge is -2.18. The molecule has 0 saturated carbocycles. The van der Waals surface area contributed by atoms with Crippen LogP contribution in [0.25, 0.3) is 6.08 Å². The van der Waals surface area contributed by atoms with E-state index in [0.717, 1.165) is 5.56 Å². The van der Waals surface area contributed by atoms with Crippen LogP contribution < -0.4 is 14.4 Å². The number of benzene rings is 2. The van der Waals surface area contributed by atoms with Gasteiger partial charge in [0.25, 0.3) is 5.91 Å². The molecule has 6 heteroatoms. The maximum atomic E-state index is 13.3. The van der Waals surface area contributed by atoms with Crippen LogP contribution in [0.15, 0.2) is 65.4 Å². The summed E-state index contributed by atoms with van der Waals surface area (Å²) in [5.41, 5.74) is 2.53. The van der Waals surface area contributed by atoms with E-state index in [1.165, 1.54) is 4.90 Å². The predicted molar refractivity (Wildman–Crippen MR) is 115 cm³/mol. The molecule has 0 saturated heterocycles. The molecule has 0 N–H and O–H groups in total. The van der Waals surface area contributed by atoms with Crippen molar-refractivity contribution in [1.82, 2.24) is 0 Å². The highest BCUT2D eigenvalue weighted by atomic mass is 16.5. The molecule has 0 aromatic heterocycles. The number of nitrogens with zero attached hydrogens (tertiary/aromatic N) is 1. The van der Waals surface area contributed by atoms with Crippen LogP contribution in [0, 0.1) is 0 Å². The van der Waals surface area contributed by atoms with E-state index < -0.39 is 5.97 Å². The maximum Gasteiger partial charge on any atom is 0.340 e. The average Bonchev–Trinajstić information content (AvgIpc) is 2.99. The zero-order valence-corrected chi connectivity index (χ0v) is 17.6. The van der Waals surface area contributed by atoms with E-state index in [9.17, 15) is 9.59 Å². The van der Waals surface area contributed by atoms with Crippen LogP contribution in [0.1, 0.15) is 26.3 Å². The van der Waals surface area contributed by atoms with Gasteiger partial charge in [-0.05, 0) is 68.8 Å². The summed E-state index contributed by atoms with van der Waals surface area (Å²) < 4.78 is 15.9. The van der Waals surface area contributed by atoms with E-state index in [2.05, 4.69) is 0 Å². The van der Waals surface area contributed by atoms with Crippen molar-refractivity contribution in [3.05, 3.63) is 70.9 Å². The molecule has 0 unspecified atom stereocenters. The van der Waals surface area contributed by atoms with Crippen LogP contribution >= 0.6 is 0 Å². The maximum absolute atomic E-state index is 13.3. The molecule has 2 aromatic carbocycles. The Morgan fingerprint density at radius 3 is 2.17 bits per heavy atom. The summed E-state index contributed by atoms with van der Waals surface area (Å²) in [7, 11) is 1.59. The molecular formula is C24H25NO5. The third kappa shape index (κ3) is 4.22. The predicted octanol–water partition coefficient (Wildman–Crippen LogP) is 4.36. The molecule has 1 amide bonds. The Bertz CT molecular complexity index is 987. The van der Waals surface area contributed by atoms with Crippen LogP contribution in [0.4, 0.5) is 5.69 Å². The van der Waals surface area contributed by atoms with Crippen molar-refractivity contribution in [2.24, 2.45) is 0 Å². The molecule has 0 bridgehead atoms. The Balaban J connectivity index is 2.04. The second-order valence-electron chi connectivity index (χ2n) is 6.58. The first-order valence-electron chi connectivity index (χ1n) is 9.81. The van der Waals surface area contributed by atoms with Crippen LogP contribution in [0.5, 0.6) is 11.5 Å². The summed E-state index contributed by atoms with van der Waals surface area (Å²) in [5, 5.41) is 0. The van der Waals surface area contributed by atoms with Gasteiger partial charge < -0.3 is 14.2 Å². The smallest absolute Gasteiger partial charge is 0.340 e. The van der Waals surface area contributed by atoms with Gasteiger partial charge in [0.05, 0.1) is 31.5 Å². The topological polar surface area (TPSA) is 65.1 Å². The van der Waals surface area contributed by atoms with Crippen LogP contribution in [-0.2, 0) is 14.3 Å². The number of carbonyl (C=O) groups excluding carboxylic acids is 2. The number of anilines is 1.